The predicted molar refractivity (Wildman–Crippen MR) is 85.6 cm³/mol. The van der Waals surface area contributed by atoms with Crippen molar-refractivity contribution >= 4 is 45.1 Å². The molecule has 0 bridgehead atoms. The summed E-state index contributed by atoms with van der Waals surface area (Å²) in [6, 6.07) is 11.3. The average molecular weight is 367 g/mol. The molecule has 4 nitrogen and oxygen atoms in total. The largest absolute Gasteiger partial charge is 0.289 e. The van der Waals surface area contributed by atoms with Gasteiger partial charge >= 0.3 is 0 Å². The first-order valence-electron chi connectivity index (χ1n) is 5.89. The number of hydrogen-bond acceptors (Lipinski definition) is 3. The molecule has 0 fully saturated rings. The molecule has 0 aliphatic heterocycles. The number of ketones is 1. The smallest absolute Gasteiger partial charge is 0.288 e. The summed E-state index contributed by atoms with van der Waals surface area (Å²) in [6.45, 7) is 0. The number of rotatable bonds is 4. The Hall–Kier alpha value is -1.98. The van der Waals surface area contributed by atoms with E-state index in [1.54, 1.807) is 30.3 Å². The number of carbonyl (C=O) groups excluding carboxylic acids is 1. The fourth-order valence-corrected chi connectivity index (χ4v) is 2.11. The van der Waals surface area contributed by atoms with Gasteiger partial charge in [-0.2, -0.15) is 0 Å². The minimum Gasteiger partial charge on any atom is -0.289 e. The van der Waals surface area contributed by atoms with E-state index in [0.717, 1.165) is 4.47 Å². The van der Waals surface area contributed by atoms with Crippen LogP contribution in [0.1, 0.15) is 15.9 Å². The lowest BCUT2D eigenvalue weighted by Gasteiger charge is -1.98. The molecule has 0 N–H and O–H groups in total. The summed E-state index contributed by atoms with van der Waals surface area (Å²) in [7, 11) is 0. The highest BCUT2D eigenvalue weighted by molar-refractivity contribution is 9.10. The van der Waals surface area contributed by atoms with Gasteiger partial charge in [-0.25, -0.2) is 0 Å². The number of halogens is 2. The monoisotopic (exact) mass is 365 g/mol. The first kappa shape index (κ1) is 15.4. The molecule has 0 aliphatic rings. The van der Waals surface area contributed by atoms with Crippen molar-refractivity contribution in [1.29, 1.82) is 0 Å². The van der Waals surface area contributed by atoms with E-state index in [1.807, 2.05) is 0 Å². The molecule has 2 aromatic rings. The van der Waals surface area contributed by atoms with Gasteiger partial charge in [-0.05, 0) is 42.0 Å². The summed E-state index contributed by atoms with van der Waals surface area (Å²) in [5, 5.41) is 10.9. The van der Waals surface area contributed by atoms with Gasteiger partial charge in [-0.3, -0.25) is 14.9 Å². The lowest BCUT2D eigenvalue weighted by molar-refractivity contribution is -0.384. The van der Waals surface area contributed by atoms with Crippen molar-refractivity contribution in [2.75, 3.05) is 0 Å². The molecular formula is C15H9BrClNO3. The Kier molecular flexibility index (Phi) is 4.88. The van der Waals surface area contributed by atoms with Crippen LogP contribution in [-0.2, 0) is 0 Å². The standard InChI is InChI=1S/C15H9BrClNO3/c16-12-5-3-11(4-6-12)15(19)8-2-10-1-7-13(17)14(9-10)18(20)21/h1-9H/b8-2+. The lowest BCUT2D eigenvalue weighted by atomic mass is 10.1. The van der Waals surface area contributed by atoms with Crippen molar-refractivity contribution in [3.8, 4) is 0 Å². The Morgan fingerprint density at radius 1 is 1.19 bits per heavy atom. The Balaban J connectivity index is 2.21. The summed E-state index contributed by atoms with van der Waals surface area (Å²) in [4.78, 5) is 22.2. The van der Waals surface area contributed by atoms with E-state index < -0.39 is 4.92 Å². The van der Waals surface area contributed by atoms with E-state index in [-0.39, 0.29) is 16.5 Å². The van der Waals surface area contributed by atoms with Crippen LogP contribution in [-0.4, -0.2) is 10.7 Å². The van der Waals surface area contributed by atoms with Gasteiger partial charge in [-0.1, -0.05) is 39.7 Å². The van der Waals surface area contributed by atoms with Crippen LogP contribution in [0.15, 0.2) is 53.0 Å². The van der Waals surface area contributed by atoms with Crippen molar-refractivity contribution in [1.82, 2.24) is 0 Å². The van der Waals surface area contributed by atoms with Crippen molar-refractivity contribution in [2.24, 2.45) is 0 Å². The second-order valence-corrected chi connectivity index (χ2v) is 5.50. The zero-order valence-electron chi connectivity index (χ0n) is 10.6. The topological polar surface area (TPSA) is 60.2 Å². The quantitative estimate of drug-likeness (QED) is 0.334. The fourth-order valence-electron chi connectivity index (χ4n) is 1.66. The zero-order valence-corrected chi connectivity index (χ0v) is 13.0. The predicted octanol–water partition coefficient (Wildman–Crippen LogP) is 4.91. The summed E-state index contributed by atoms with van der Waals surface area (Å²) < 4.78 is 0.886. The molecule has 2 aromatic carbocycles. The van der Waals surface area contributed by atoms with E-state index in [1.165, 1.54) is 24.3 Å². The number of benzene rings is 2. The molecule has 2 rings (SSSR count). The van der Waals surface area contributed by atoms with Gasteiger partial charge in [-0.15, -0.1) is 0 Å². The van der Waals surface area contributed by atoms with E-state index >= 15 is 0 Å². The Labute approximate surface area is 134 Å². The molecule has 0 heterocycles. The normalized spacial score (nSPS) is 10.8. The highest BCUT2D eigenvalue weighted by Gasteiger charge is 2.11. The molecular weight excluding hydrogens is 358 g/mol. The Bertz CT molecular complexity index is 726. The van der Waals surface area contributed by atoms with Crippen LogP contribution in [0.25, 0.3) is 6.08 Å². The maximum absolute atomic E-state index is 12.0. The van der Waals surface area contributed by atoms with Gasteiger partial charge < -0.3 is 0 Å². The third kappa shape index (κ3) is 4.00. The molecule has 6 heteroatoms. The maximum atomic E-state index is 12.0. The van der Waals surface area contributed by atoms with Crippen LogP contribution in [0, 0.1) is 10.1 Å². The molecule has 0 saturated heterocycles. The number of carbonyl (C=O) groups is 1. The molecule has 0 spiro atoms. The zero-order chi connectivity index (χ0) is 15.4. The van der Waals surface area contributed by atoms with E-state index in [2.05, 4.69) is 15.9 Å². The fraction of sp³-hybridized carbons (Fsp3) is 0. The van der Waals surface area contributed by atoms with Gasteiger partial charge in [0, 0.05) is 16.1 Å². The van der Waals surface area contributed by atoms with Gasteiger partial charge in [0.2, 0.25) is 0 Å². The third-order valence-electron chi connectivity index (χ3n) is 2.72. The highest BCUT2D eigenvalue weighted by atomic mass is 79.9. The summed E-state index contributed by atoms with van der Waals surface area (Å²) >= 11 is 9.02. The van der Waals surface area contributed by atoms with Crippen LogP contribution in [0.4, 0.5) is 5.69 Å². The molecule has 0 saturated carbocycles. The Morgan fingerprint density at radius 3 is 2.48 bits per heavy atom. The van der Waals surface area contributed by atoms with Crippen LogP contribution >= 0.6 is 27.5 Å². The minimum atomic E-state index is -0.559. The van der Waals surface area contributed by atoms with E-state index in [4.69, 9.17) is 11.6 Å². The number of nitro benzene ring substituents is 1. The minimum absolute atomic E-state index is 0.0661. The van der Waals surface area contributed by atoms with Gasteiger partial charge in [0.15, 0.2) is 5.78 Å². The number of nitrogens with zero attached hydrogens (tertiary/aromatic N) is 1. The number of allylic oxidation sites excluding steroid dienone is 1. The molecule has 0 radical (unpaired) electrons. The van der Waals surface area contributed by atoms with Crippen LogP contribution < -0.4 is 0 Å². The van der Waals surface area contributed by atoms with Gasteiger partial charge in [0.05, 0.1) is 4.92 Å². The van der Waals surface area contributed by atoms with Gasteiger partial charge in [0.1, 0.15) is 5.02 Å². The first-order chi connectivity index (χ1) is 9.97. The van der Waals surface area contributed by atoms with Crippen molar-refractivity contribution in [2.45, 2.75) is 0 Å². The van der Waals surface area contributed by atoms with E-state index in [0.29, 0.717) is 11.1 Å². The molecule has 106 valence electrons. The maximum Gasteiger partial charge on any atom is 0.288 e. The number of hydrogen-bond donors (Lipinski definition) is 0. The third-order valence-corrected chi connectivity index (χ3v) is 3.57. The molecule has 21 heavy (non-hydrogen) atoms. The molecule has 0 atom stereocenters. The van der Waals surface area contributed by atoms with E-state index in [9.17, 15) is 14.9 Å². The molecule has 0 aliphatic carbocycles. The lowest BCUT2D eigenvalue weighted by Crippen LogP contribution is -1.93. The summed E-state index contributed by atoms with van der Waals surface area (Å²) in [5.41, 5.74) is 0.893. The second kappa shape index (κ2) is 6.65. The van der Waals surface area contributed by atoms with Crippen molar-refractivity contribution in [3.63, 3.8) is 0 Å². The Morgan fingerprint density at radius 2 is 1.86 bits per heavy atom. The first-order valence-corrected chi connectivity index (χ1v) is 7.06. The highest BCUT2D eigenvalue weighted by Crippen LogP contribution is 2.25. The van der Waals surface area contributed by atoms with Crippen molar-refractivity contribution < 1.29 is 9.72 Å². The SMILES string of the molecule is O=C(/C=C/c1ccc(Cl)c([N+](=O)[O-])c1)c1ccc(Br)cc1. The molecule has 0 amide bonds. The van der Waals surface area contributed by atoms with Crippen LogP contribution in [0.2, 0.25) is 5.02 Å². The van der Waals surface area contributed by atoms with Crippen LogP contribution in [0.3, 0.4) is 0 Å². The summed E-state index contributed by atoms with van der Waals surface area (Å²) in [5.74, 6) is -0.180. The number of nitro groups is 1. The molecule has 0 aromatic heterocycles. The van der Waals surface area contributed by atoms with Crippen molar-refractivity contribution in [3.05, 3.63) is 79.3 Å². The molecule has 0 unspecified atom stereocenters. The average Bonchev–Trinajstić information content (AvgIpc) is 2.46. The van der Waals surface area contributed by atoms with Gasteiger partial charge in [0.25, 0.3) is 5.69 Å². The van der Waals surface area contributed by atoms with Crippen LogP contribution in [0.5, 0.6) is 0 Å². The second-order valence-electron chi connectivity index (χ2n) is 4.17. The summed E-state index contributed by atoms with van der Waals surface area (Å²) in [6.07, 6.45) is 2.89.